The highest BCUT2D eigenvalue weighted by Gasteiger charge is 2.10. The van der Waals surface area contributed by atoms with Gasteiger partial charge in [-0.05, 0) is 36.6 Å². The third-order valence-electron chi connectivity index (χ3n) is 4.36. The molecule has 1 amide bonds. The molecule has 0 fully saturated rings. The van der Waals surface area contributed by atoms with E-state index in [4.69, 9.17) is 0 Å². The van der Waals surface area contributed by atoms with E-state index in [1.165, 1.54) is 5.56 Å². The Kier molecular flexibility index (Phi) is 4.87. The number of aryl methyl sites for hydroxylation is 1. The van der Waals surface area contributed by atoms with E-state index in [1.807, 2.05) is 47.0 Å². The molecule has 6 heteroatoms. The summed E-state index contributed by atoms with van der Waals surface area (Å²) in [5, 5.41) is 11.2. The zero-order chi connectivity index (χ0) is 18.5. The van der Waals surface area contributed by atoms with Crippen LogP contribution in [-0.2, 0) is 6.42 Å². The van der Waals surface area contributed by atoms with Crippen molar-refractivity contribution >= 4 is 11.7 Å². The van der Waals surface area contributed by atoms with Crippen molar-refractivity contribution in [2.75, 3.05) is 6.54 Å². The Labute approximate surface area is 156 Å². The second kappa shape index (κ2) is 7.78. The van der Waals surface area contributed by atoms with Gasteiger partial charge in [-0.1, -0.05) is 42.5 Å². The summed E-state index contributed by atoms with van der Waals surface area (Å²) in [4.78, 5) is 16.5. The van der Waals surface area contributed by atoms with E-state index in [9.17, 15) is 4.79 Å². The second-order valence-corrected chi connectivity index (χ2v) is 6.24. The van der Waals surface area contributed by atoms with Gasteiger partial charge in [0.15, 0.2) is 5.82 Å². The number of hydrogen-bond acceptors (Lipinski definition) is 4. The van der Waals surface area contributed by atoms with Crippen molar-refractivity contribution in [2.24, 2.45) is 0 Å². The summed E-state index contributed by atoms with van der Waals surface area (Å²) in [7, 11) is 0. The van der Waals surface area contributed by atoms with Crippen molar-refractivity contribution < 1.29 is 4.79 Å². The average Bonchev–Trinajstić information content (AvgIpc) is 3.16. The number of fused-ring (bicyclic) bond motifs is 1. The number of benzene rings is 2. The number of amides is 1. The molecule has 4 aromatic rings. The molecule has 2 aromatic heterocycles. The van der Waals surface area contributed by atoms with E-state index in [0.717, 1.165) is 18.4 Å². The molecule has 0 bridgehead atoms. The lowest BCUT2D eigenvalue weighted by Gasteiger charge is -2.06. The first-order valence-corrected chi connectivity index (χ1v) is 8.89. The molecule has 0 unspecified atom stereocenters. The molecule has 1 N–H and O–H groups in total. The van der Waals surface area contributed by atoms with E-state index in [1.54, 1.807) is 18.3 Å². The number of nitrogens with one attached hydrogen (secondary N) is 1. The Hall–Kier alpha value is -3.54. The zero-order valence-electron chi connectivity index (χ0n) is 14.7. The monoisotopic (exact) mass is 357 g/mol. The number of rotatable bonds is 6. The van der Waals surface area contributed by atoms with Crippen LogP contribution in [0.2, 0.25) is 0 Å². The van der Waals surface area contributed by atoms with Crippen molar-refractivity contribution in [2.45, 2.75) is 12.8 Å². The summed E-state index contributed by atoms with van der Waals surface area (Å²) in [6.45, 7) is 0.649. The lowest BCUT2D eigenvalue weighted by molar-refractivity contribution is 0.0953. The molecule has 4 rings (SSSR count). The maximum Gasteiger partial charge on any atom is 0.255 e. The van der Waals surface area contributed by atoms with Crippen molar-refractivity contribution in [3.8, 4) is 11.4 Å². The fourth-order valence-corrected chi connectivity index (χ4v) is 2.95. The van der Waals surface area contributed by atoms with E-state index < -0.39 is 0 Å². The highest BCUT2D eigenvalue weighted by atomic mass is 16.1. The summed E-state index contributed by atoms with van der Waals surface area (Å²) in [5.74, 6) is 1.18. The van der Waals surface area contributed by atoms with Crippen LogP contribution in [0.3, 0.4) is 0 Å². The number of aromatic nitrogens is 4. The van der Waals surface area contributed by atoms with Crippen LogP contribution < -0.4 is 5.32 Å². The Morgan fingerprint density at radius 1 is 0.963 bits per heavy atom. The first-order chi connectivity index (χ1) is 13.3. The maximum atomic E-state index is 12.3. The van der Waals surface area contributed by atoms with Gasteiger partial charge in [-0.3, -0.25) is 9.20 Å². The minimum Gasteiger partial charge on any atom is -0.352 e. The van der Waals surface area contributed by atoms with Gasteiger partial charge in [0.2, 0.25) is 0 Å². The summed E-state index contributed by atoms with van der Waals surface area (Å²) in [6, 6.07) is 19.5. The molecule has 0 saturated heterocycles. The Morgan fingerprint density at radius 3 is 2.59 bits per heavy atom. The van der Waals surface area contributed by atoms with Crippen molar-refractivity contribution in [1.29, 1.82) is 0 Å². The minimum absolute atomic E-state index is 0.0672. The fourth-order valence-electron chi connectivity index (χ4n) is 2.95. The molecule has 0 atom stereocenters. The van der Waals surface area contributed by atoms with E-state index >= 15 is 0 Å². The summed E-state index contributed by atoms with van der Waals surface area (Å²) in [6.07, 6.45) is 5.41. The largest absolute Gasteiger partial charge is 0.352 e. The fraction of sp³-hybridized carbons (Fsp3) is 0.143. The molecular weight excluding hydrogens is 338 g/mol. The summed E-state index contributed by atoms with van der Waals surface area (Å²) < 4.78 is 1.82. The van der Waals surface area contributed by atoms with Crippen LogP contribution in [-0.4, -0.2) is 32.0 Å². The average molecular weight is 357 g/mol. The molecule has 0 spiro atoms. The summed E-state index contributed by atoms with van der Waals surface area (Å²) in [5.41, 5.74) is 2.80. The topological polar surface area (TPSA) is 72.2 Å². The molecule has 0 aliphatic heterocycles. The predicted octanol–water partition coefficient (Wildman–Crippen LogP) is 3.15. The summed E-state index contributed by atoms with van der Waals surface area (Å²) >= 11 is 0. The van der Waals surface area contributed by atoms with Gasteiger partial charge >= 0.3 is 0 Å². The molecule has 27 heavy (non-hydrogen) atoms. The maximum absolute atomic E-state index is 12.3. The number of nitrogens with zero attached hydrogens (tertiary/aromatic N) is 4. The van der Waals surface area contributed by atoms with Gasteiger partial charge in [0.25, 0.3) is 11.7 Å². The second-order valence-electron chi connectivity index (χ2n) is 6.24. The highest BCUT2D eigenvalue weighted by molar-refractivity contribution is 5.94. The van der Waals surface area contributed by atoms with E-state index in [0.29, 0.717) is 23.7 Å². The standard InChI is InChI=1S/C21H19N5O/c27-20(22-13-4-8-16-6-2-1-3-7-16)18-11-9-17(10-12-18)19-24-25-21-23-14-5-15-26(19)21/h1-3,5-7,9-12,14-15H,4,8,13H2,(H,22,27). The van der Waals surface area contributed by atoms with Crippen molar-refractivity contribution in [1.82, 2.24) is 24.9 Å². The third kappa shape index (κ3) is 3.84. The van der Waals surface area contributed by atoms with Gasteiger partial charge in [-0.25, -0.2) is 4.98 Å². The van der Waals surface area contributed by atoms with Crippen LogP contribution in [0.4, 0.5) is 0 Å². The molecule has 2 aromatic carbocycles. The SMILES string of the molecule is O=C(NCCCc1ccccc1)c1ccc(-c2nnc3ncccn23)cc1. The molecule has 0 aliphatic rings. The molecule has 2 heterocycles. The van der Waals surface area contributed by atoms with Gasteiger partial charge in [-0.15, -0.1) is 10.2 Å². The number of carbonyl (C=O) groups excluding carboxylic acids is 1. The Bertz CT molecular complexity index is 1040. The van der Waals surface area contributed by atoms with Gasteiger partial charge in [-0.2, -0.15) is 0 Å². The molecular formula is C21H19N5O. The predicted molar refractivity (Wildman–Crippen MR) is 103 cm³/mol. The normalized spacial score (nSPS) is 10.8. The quantitative estimate of drug-likeness (QED) is 0.538. The van der Waals surface area contributed by atoms with E-state index in [-0.39, 0.29) is 5.91 Å². The molecule has 134 valence electrons. The van der Waals surface area contributed by atoms with Gasteiger partial charge in [0.1, 0.15) is 0 Å². The Balaban J connectivity index is 1.36. The smallest absolute Gasteiger partial charge is 0.255 e. The van der Waals surface area contributed by atoms with Crippen LogP contribution in [0.25, 0.3) is 17.2 Å². The minimum atomic E-state index is -0.0672. The van der Waals surface area contributed by atoms with Gasteiger partial charge in [0, 0.05) is 30.1 Å². The van der Waals surface area contributed by atoms with Crippen LogP contribution in [0, 0.1) is 0 Å². The lowest BCUT2D eigenvalue weighted by Crippen LogP contribution is -2.24. The van der Waals surface area contributed by atoms with Gasteiger partial charge in [0.05, 0.1) is 0 Å². The lowest BCUT2D eigenvalue weighted by atomic mass is 10.1. The molecule has 0 radical (unpaired) electrons. The zero-order valence-corrected chi connectivity index (χ0v) is 14.7. The first-order valence-electron chi connectivity index (χ1n) is 8.89. The third-order valence-corrected chi connectivity index (χ3v) is 4.36. The first kappa shape index (κ1) is 16.9. The highest BCUT2D eigenvalue weighted by Crippen LogP contribution is 2.18. The molecule has 0 saturated carbocycles. The molecule has 6 nitrogen and oxygen atoms in total. The number of carbonyl (C=O) groups is 1. The van der Waals surface area contributed by atoms with Crippen molar-refractivity contribution in [3.63, 3.8) is 0 Å². The molecule has 0 aliphatic carbocycles. The van der Waals surface area contributed by atoms with Gasteiger partial charge < -0.3 is 5.32 Å². The van der Waals surface area contributed by atoms with Crippen LogP contribution in [0.5, 0.6) is 0 Å². The van der Waals surface area contributed by atoms with Crippen LogP contribution in [0.1, 0.15) is 22.3 Å². The van der Waals surface area contributed by atoms with Crippen molar-refractivity contribution in [3.05, 3.63) is 84.2 Å². The number of hydrogen-bond donors (Lipinski definition) is 1. The Morgan fingerprint density at radius 2 is 1.78 bits per heavy atom. The van der Waals surface area contributed by atoms with Crippen LogP contribution in [0.15, 0.2) is 73.1 Å². The van der Waals surface area contributed by atoms with Crippen LogP contribution >= 0.6 is 0 Å². The van der Waals surface area contributed by atoms with E-state index in [2.05, 4.69) is 32.6 Å².